The highest BCUT2D eigenvalue weighted by Gasteiger charge is 2.33. The Morgan fingerprint density at radius 1 is 1.25 bits per heavy atom. The van der Waals surface area contributed by atoms with Crippen molar-refractivity contribution in [3.05, 3.63) is 35.9 Å². The molecule has 0 saturated carbocycles. The number of hydrogen-bond acceptors (Lipinski definition) is 3. The Hall–Kier alpha value is -1.00. The second kappa shape index (κ2) is 7.14. The summed E-state index contributed by atoms with van der Waals surface area (Å²) in [6.07, 6.45) is 4.15. The van der Waals surface area contributed by atoms with E-state index in [1.54, 1.807) is 6.92 Å². The van der Waals surface area contributed by atoms with Crippen LogP contribution in [-0.2, 0) is 10.3 Å². The van der Waals surface area contributed by atoms with Gasteiger partial charge in [-0.2, -0.15) is 11.8 Å². The van der Waals surface area contributed by atoms with E-state index < -0.39 is 5.54 Å². The molecule has 0 aliphatic heterocycles. The van der Waals surface area contributed by atoms with Gasteiger partial charge in [-0.3, -0.25) is 4.79 Å². The van der Waals surface area contributed by atoms with Gasteiger partial charge in [0.1, 0.15) is 5.54 Å². The zero-order valence-electron chi connectivity index (χ0n) is 12.9. The lowest BCUT2D eigenvalue weighted by Gasteiger charge is -2.32. The average Bonchev–Trinajstić information content (AvgIpc) is 2.49. The highest BCUT2D eigenvalue weighted by atomic mass is 32.2. The summed E-state index contributed by atoms with van der Waals surface area (Å²) in [5.74, 6) is -0.121. The Bertz CT molecular complexity index is 419. The number of hydrogen-bond donors (Lipinski definition) is 2. The maximum atomic E-state index is 12.4. The van der Waals surface area contributed by atoms with Gasteiger partial charge >= 0.3 is 0 Å². The molecule has 3 nitrogen and oxygen atoms in total. The lowest BCUT2D eigenvalue weighted by atomic mass is 9.92. The van der Waals surface area contributed by atoms with Crippen LogP contribution in [0.4, 0.5) is 0 Å². The molecule has 0 aliphatic rings. The van der Waals surface area contributed by atoms with E-state index in [0.29, 0.717) is 6.54 Å². The first-order valence-electron chi connectivity index (χ1n) is 7.09. The van der Waals surface area contributed by atoms with Crippen LogP contribution in [0.1, 0.15) is 39.2 Å². The van der Waals surface area contributed by atoms with E-state index >= 15 is 0 Å². The Kier molecular flexibility index (Phi) is 6.08. The average molecular weight is 294 g/mol. The van der Waals surface area contributed by atoms with Crippen molar-refractivity contribution in [2.24, 2.45) is 5.73 Å². The third-order valence-electron chi connectivity index (χ3n) is 4.14. The molecule has 1 unspecified atom stereocenters. The second-order valence-corrected chi connectivity index (χ2v) is 6.62. The minimum Gasteiger partial charge on any atom is -0.353 e. The van der Waals surface area contributed by atoms with Crippen molar-refractivity contribution in [1.29, 1.82) is 0 Å². The van der Waals surface area contributed by atoms with E-state index in [4.69, 9.17) is 5.73 Å². The summed E-state index contributed by atoms with van der Waals surface area (Å²) < 4.78 is 0.0996. The molecule has 1 atom stereocenters. The third-order valence-corrected chi connectivity index (χ3v) is 5.73. The lowest BCUT2D eigenvalue weighted by Crippen LogP contribution is -2.52. The maximum absolute atomic E-state index is 12.4. The monoisotopic (exact) mass is 294 g/mol. The van der Waals surface area contributed by atoms with Crippen molar-refractivity contribution in [1.82, 2.24) is 5.32 Å². The highest BCUT2D eigenvalue weighted by Crippen LogP contribution is 2.30. The molecule has 0 aliphatic carbocycles. The predicted octanol–water partition coefficient (Wildman–Crippen LogP) is 2.90. The van der Waals surface area contributed by atoms with Gasteiger partial charge in [0.05, 0.1) is 0 Å². The van der Waals surface area contributed by atoms with Gasteiger partial charge in [-0.1, -0.05) is 44.2 Å². The standard InChI is InChI=1S/C16H26N2OS/c1-5-16(6-2,20-4)12-18-14(19)15(3,17)13-10-8-7-9-11-13/h7-11H,5-6,12,17H2,1-4H3,(H,18,19). The Morgan fingerprint density at radius 2 is 1.80 bits per heavy atom. The molecular weight excluding hydrogens is 268 g/mol. The van der Waals surface area contributed by atoms with E-state index in [1.165, 1.54) is 0 Å². The number of benzene rings is 1. The van der Waals surface area contributed by atoms with Gasteiger partial charge < -0.3 is 11.1 Å². The number of rotatable bonds is 7. The van der Waals surface area contributed by atoms with Crippen molar-refractivity contribution in [3.63, 3.8) is 0 Å². The molecule has 112 valence electrons. The number of carbonyl (C=O) groups is 1. The fourth-order valence-electron chi connectivity index (χ4n) is 2.20. The van der Waals surface area contributed by atoms with Gasteiger partial charge in [-0.25, -0.2) is 0 Å². The molecule has 20 heavy (non-hydrogen) atoms. The quantitative estimate of drug-likeness (QED) is 0.813. The number of nitrogens with one attached hydrogen (secondary N) is 1. The molecule has 0 fully saturated rings. The summed E-state index contributed by atoms with van der Waals surface area (Å²) in [6.45, 7) is 6.73. The van der Waals surface area contributed by atoms with E-state index in [2.05, 4.69) is 25.4 Å². The van der Waals surface area contributed by atoms with E-state index in [-0.39, 0.29) is 10.7 Å². The van der Waals surface area contributed by atoms with Crippen LogP contribution in [0.15, 0.2) is 30.3 Å². The van der Waals surface area contributed by atoms with E-state index in [9.17, 15) is 4.79 Å². The van der Waals surface area contributed by atoms with Crippen molar-refractivity contribution < 1.29 is 4.79 Å². The summed E-state index contributed by atoms with van der Waals surface area (Å²) in [6, 6.07) is 9.50. The van der Waals surface area contributed by atoms with Crippen molar-refractivity contribution >= 4 is 17.7 Å². The second-order valence-electron chi connectivity index (χ2n) is 5.35. The number of thioether (sulfide) groups is 1. The minimum absolute atomic E-state index is 0.0996. The molecule has 0 spiro atoms. The van der Waals surface area contributed by atoms with Gasteiger partial charge in [0.25, 0.3) is 0 Å². The topological polar surface area (TPSA) is 55.1 Å². The molecule has 3 N–H and O–H groups in total. The Labute approximate surface area is 126 Å². The van der Waals surface area contributed by atoms with Gasteiger partial charge in [0, 0.05) is 11.3 Å². The van der Waals surface area contributed by atoms with Crippen LogP contribution in [0.3, 0.4) is 0 Å². The van der Waals surface area contributed by atoms with Crippen LogP contribution in [0, 0.1) is 0 Å². The molecule has 0 bridgehead atoms. The minimum atomic E-state index is -0.993. The van der Waals surface area contributed by atoms with Crippen LogP contribution in [-0.4, -0.2) is 23.5 Å². The first kappa shape index (κ1) is 17.1. The largest absolute Gasteiger partial charge is 0.353 e. The Balaban J connectivity index is 2.76. The smallest absolute Gasteiger partial charge is 0.244 e. The number of nitrogens with two attached hydrogens (primary N) is 1. The zero-order valence-corrected chi connectivity index (χ0v) is 13.7. The van der Waals surface area contributed by atoms with Crippen LogP contribution in [0.25, 0.3) is 0 Å². The first-order valence-corrected chi connectivity index (χ1v) is 8.32. The summed E-state index contributed by atoms with van der Waals surface area (Å²) in [7, 11) is 0. The van der Waals surface area contributed by atoms with E-state index in [0.717, 1.165) is 18.4 Å². The summed E-state index contributed by atoms with van der Waals surface area (Å²) in [5, 5.41) is 3.03. The molecule has 1 rings (SSSR count). The van der Waals surface area contributed by atoms with Crippen molar-refractivity contribution in [2.45, 2.75) is 43.9 Å². The number of carbonyl (C=O) groups excluding carboxylic acids is 1. The van der Waals surface area contributed by atoms with Crippen molar-refractivity contribution in [3.8, 4) is 0 Å². The number of amides is 1. The maximum Gasteiger partial charge on any atom is 0.244 e. The lowest BCUT2D eigenvalue weighted by molar-refractivity contribution is -0.126. The molecular formula is C16H26N2OS. The molecule has 0 heterocycles. The molecule has 4 heteroatoms. The first-order chi connectivity index (χ1) is 9.41. The van der Waals surface area contributed by atoms with Crippen LogP contribution in [0.2, 0.25) is 0 Å². The van der Waals surface area contributed by atoms with Gasteiger partial charge in [0.2, 0.25) is 5.91 Å². The summed E-state index contributed by atoms with van der Waals surface area (Å²) in [4.78, 5) is 12.4. The molecule has 0 aromatic heterocycles. The molecule has 0 saturated heterocycles. The van der Waals surface area contributed by atoms with Crippen LogP contribution < -0.4 is 11.1 Å². The van der Waals surface area contributed by atoms with Crippen LogP contribution >= 0.6 is 11.8 Å². The Morgan fingerprint density at radius 3 is 2.25 bits per heavy atom. The molecule has 1 amide bonds. The summed E-state index contributed by atoms with van der Waals surface area (Å²) >= 11 is 1.81. The third kappa shape index (κ3) is 3.76. The molecule has 1 aromatic carbocycles. The summed E-state index contributed by atoms with van der Waals surface area (Å²) in [5.41, 5.74) is 6.06. The van der Waals surface area contributed by atoms with Gasteiger partial charge in [-0.15, -0.1) is 0 Å². The zero-order chi connectivity index (χ0) is 15.2. The van der Waals surface area contributed by atoms with Gasteiger partial charge in [0.15, 0.2) is 0 Å². The SMILES string of the molecule is CCC(CC)(CNC(=O)C(C)(N)c1ccccc1)SC. The van der Waals surface area contributed by atoms with Crippen molar-refractivity contribution in [2.75, 3.05) is 12.8 Å². The molecule has 1 aromatic rings. The van der Waals surface area contributed by atoms with Gasteiger partial charge in [-0.05, 0) is 31.6 Å². The highest BCUT2D eigenvalue weighted by molar-refractivity contribution is 8.00. The van der Waals surface area contributed by atoms with Crippen LogP contribution in [0.5, 0.6) is 0 Å². The fraction of sp³-hybridized carbons (Fsp3) is 0.562. The normalized spacial score (nSPS) is 14.7. The fourth-order valence-corrected chi connectivity index (χ4v) is 3.00. The molecule has 0 radical (unpaired) electrons. The van der Waals surface area contributed by atoms with E-state index in [1.807, 2.05) is 42.1 Å². The predicted molar refractivity (Wildman–Crippen MR) is 87.8 cm³/mol.